The average Bonchev–Trinajstić information content (AvgIpc) is 2.47. The second-order valence-electron chi connectivity index (χ2n) is 5.19. The van der Waals surface area contributed by atoms with Crippen molar-refractivity contribution >= 4 is 29.3 Å². The zero-order valence-electron chi connectivity index (χ0n) is 12.2. The van der Waals surface area contributed by atoms with Gasteiger partial charge in [0.2, 0.25) is 0 Å². The minimum absolute atomic E-state index is 0.113. The van der Waals surface area contributed by atoms with Crippen molar-refractivity contribution in [2.75, 3.05) is 0 Å². The third-order valence-corrected chi connectivity index (χ3v) is 5.69. The first-order chi connectivity index (χ1) is 10.0. The van der Waals surface area contributed by atoms with Gasteiger partial charge in [-0.25, -0.2) is 9.97 Å². The lowest BCUT2D eigenvalue weighted by Gasteiger charge is -2.19. The van der Waals surface area contributed by atoms with Gasteiger partial charge >= 0.3 is 0 Å². The first-order valence-corrected chi connectivity index (χ1v) is 8.68. The minimum atomic E-state index is -0.113. The lowest BCUT2D eigenvalue weighted by Crippen LogP contribution is -2.10. The summed E-state index contributed by atoms with van der Waals surface area (Å²) in [7, 11) is 0. The number of hydrogen-bond donors (Lipinski definition) is 0. The van der Waals surface area contributed by atoms with E-state index in [1.807, 2.05) is 24.9 Å². The summed E-state index contributed by atoms with van der Waals surface area (Å²) in [5.74, 6) is 1.05. The molecule has 1 atom stereocenters. The number of thioether (sulfide) groups is 2. The van der Waals surface area contributed by atoms with Crippen LogP contribution in [0.5, 0.6) is 0 Å². The summed E-state index contributed by atoms with van der Waals surface area (Å²) in [6, 6.07) is 6.47. The van der Waals surface area contributed by atoms with E-state index in [9.17, 15) is 4.79 Å². The molecule has 1 aromatic carbocycles. The lowest BCUT2D eigenvalue weighted by atomic mass is 10.1. The fraction of sp³-hybridized carbons (Fsp3) is 0.312. The van der Waals surface area contributed by atoms with E-state index in [0.717, 1.165) is 17.0 Å². The molecule has 0 amide bonds. The van der Waals surface area contributed by atoms with E-state index < -0.39 is 0 Å². The van der Waals surface area contributed by atoms with Crippen LogP contribution in [-0.4, -0.2) is 21.0 Å². The Morgan fingerprint density at radius 3 is 3.00 bits per heavy atom. The summed E-state index contributed by atoms with van der Waals surface area (Å²) >= 11 is 3.25. The molecule has 0 unspecified atom stereocenters. The highest BCUT2D eigenvalue weighted by Gasteiger charge is 2.20. The normalized spacial score (nSPS) is 14.2. The maximum absolute atomic E-state index is 11.4. The molecule has 0 aliphatic carbocycles. The molecular formula is C16H16N2OS2. The van der Waals surface area contributed by atoms with Crippen molar-refractivity contribution in [2.45, 2.75) is 41.8 Å². The van der Waals surface area contributed by atoms with Crippen LogP contribution in [-0.2, 0) is 10.5 Å². The second kappa shape index (κ2) is 5.81. The van der Waals surface area contributed by atoms with Crippen molar-refractivity contribution in [3.05, 3.63) is 35.5 Å². The van der Waals surface area contributed by atoms with Gasteiger partial charge in [-0.15, -0.1) is 11.8 Å². The third-order valence-electron chi connectivity index (χ3n) is 3.47. The Balaban J connectivity index is 2.01. The van der Waals surface area contributed by atoms with Crippen LogP contribution in [0.2, 0.25) is 0 Å². The third kappa shape index (κ3) is 2.99. The molecule has 0 saturated carbocycles. The Bertz CT molecular complexity index is 715. The van der Waals surface area contributed by atoms with E-state index in [1.54, 1.807) is 6.92 Å². The molecule has 108 valence electrons. The topological polar surface area (TPSA) is 42.9 Å². The van der Waals surface area contributed by atoms with Crippen molar-refractivity contribution in [1.82, 2.24) is 9.97 Å². The van der Waals surface area contributed by atoms with E-state index in [4.69, 9.17) is 4.98 Å². The summed E-state index contributed by atoms with van der Waals surface area (Å²) in [4.78, 5) is 21.8. The van der Waals surface area contributed by atoms with E-state index in [0.29, 0.717) is 5.16 Å². The molecule has 1 aromatic heterocycles. The van der Waals surface area contributed by atoms with Crippen LogP contribution < -0.4 is 0 Å². The van der Waals surface area contributed by atoms with Gasteiger partial charge in [0.1, 0.15) is 5.78 Å². The van der Waals surface area contributed by atoms with Crippen LogP contribution in [0.15, 0.2) is 34.4 Å². The number of ketones is 1. The number of rotatable bonds is 3. The fourth-order valence-electron chi connectivity index (χ4n) is 2.14. The summed E-state index contributed by atoms with van der Waals surface area (Å²) < 4.78 is 0. The molecule has 21 heavy (non-hydrogen) atoms. The smallest absolute Gasteiger partial charge is 0.188 e. The number of benzene rings is 1. The van der Waals surface area contributed by atoms with Gasteiger partial charge in [-0.2, -0.15) is 0 Å². The van der Waals surface area contributed by atoms with Crippen molar-refractivity contribution in [3.8, 4) is 11.3 Å². The van der Waals surface area contributed by atoms with Gasteiger partial charge in [-0.05, 0) is 32.9 Å². The predicted octanol–water partition coefficient (Wildman–Crippen LogP) is 4.13. The van der Waals surface area contributed by atoms with Gasteiger partial charge in [0, 0.05) is 28.0 Å². The highest BCUT2D eigenvalue weighted by Crippen LogP contribution is 2.41. The van der Waals surface area contributed by atoms with Gasteiger partial charge in [-0.1, -0.05) is 23.4 Å². The molecule has 0 bridgehead atoms. The Hall–Kier alpha value is -1.33. The van der Waals surface area contributed by atoms with Crippen LogP contribution in [0.4, 0.5) is 0 Å². The number of aromatic nitrogens is 2. The number of nitrogens with zero attached hydrogens (tertiary/aromatic N) is 2. The van der Waals surface area contributed by atoms with Gasteiger partial charge in [0.15, 0.2) is 5.16 Å². The molecule has 1 aliphatic rings. The molecule has 0 N–H and O–H groups in total. The molecular weight excluding hydrogens is 300 g/mol. The minimum Gasteiger partial charge on any atom is -0.299 e. The van der Waals surface area contributed by atoms with Crippen molar-refractivity contribution < 1.29 is 4.79 Å². The number of aryl methyl sites for hydroxylation is 1. The standard InChI is InChI=1S/C16H16N2OS2/c1-9-4-5-14-13(6-9)15-12(8-20-14)7-17-16(18-15)21-11(3)10(2)19/h4-7,11H,8H2,1-3H3/t11-/m0/s1. The van der Waals surface area contributed by atoms with E-state index >= 15 is 0 Å². The van der Waals surface area contributed by atoms with Crippen molar-refractivity contribution in [3.63, 3.8) is 0 Å². The van der Waals surface area contributed by atoms with Gasteiger partial charge in [-0.3, -0.25) is 4.79 Å². The van der Waals surface area contributed by atoms with Crippen LogP contribution in [0.1, 0.15) is 25.0 Å². The molecule has 0 saturated heterocycles. The SMILES string of the molecule is CC(=O)[C@H](C)Sc1ncc2c(n1)-c1cc(C)ccc1SC2. The Morgan fingerprint density at radius 1 is 1.43 bits per heavy atom. The highest BCUT2D eigenvalue weighted by atomic mass is 32.2. The van der Waals surface area contributed by atoms with Crippen LogP contribution in [0.3, 0.4) is 0 Å². The summed E-state index contributed by atoms with van der Waals surface area (Å²) in [6.45, 7) is 5.59. The van der Waals surface area contributed by atoms with E-state index in [2.05, 4.69) is 30.1 Å². The summed E-state index contributed by atoms with van der Waals surface area (Å²) in [6.07, 6.45) is 1.90. The molecule has 2 heterocycles. The number of carbonyl (C=O) groups is 1. The highest BCUT2D eigenvalue weighted by molar-refractivity contribution is 8.00. The molecule has 1 aliphatic heterocycles. The molecule has 3 rings (SSSR count). The van der Waals surface area contributed by atoms with Gasteiger partial charge < -0.3 is 0 Å². The second-order valence-corrected chi connectivity index (χ2v) is 7.51. The molecule has 0 fully saturated rings. The lowest BCUT2D eigenvalue weighted by molar-refractivity contribution is -0.116. The van der Waals surface area contributed by atoms with Crippen LogP contribution in [0.25, 0.3) is 11.3 Å². The molecule has 0 spiro atoms. The first kappa shape index (κ1) is 14.6. The van der Waals surface area contributed by atoms with E-state index in [1.165, 1.54) is 27.8 Å². The Labute approximate surface area is 133 Å². The van der Waals surface area contributed by atoms with Gasteiger partial charge in [0.25, 0.3) is 0 Å². The van der Waals surface area contributed by atoms with Crippen molar-refractivity contribution in [1.29, 1.82) is 0 Å². The zero-order chi connectivity index (χ0) is 15.0. The summed E-state index contributed by atoms with van der Waals surface area (Å²) in [5, 5.41) is 0.564. The summed E-state index contributed by atoms with van der Waals surface area (Å²) in [5.41, 5.74) is 4.59. The monoisotopic (exact) mass is 316 g/mol. The zero-order valence-corrected chi connectivity index (χ0v) is 13.8. The molecule has 5 heteroatoms. The fourth-order valence-corrected chi connectivity index (χ4v) is 3.87. The maximum atomic E-state index is 11.4. The Morgan fingerprint density at radius 2 is 2.24 bits per heavy atom. The quantitative estimate of drug-likeness (QED) is 0.629. The Kier molecular flexibility index (Phi) is 4.04. The molecule has 0 radical (unpaired) electrons. The molecule has 3 nitrogen and oxygen atoms in total. The molecule has 2 aromatic rings. The van der Waals surface area contributed by atoms with Gasteiger partial charge in [0.05, 0.1) is 10.9 Å². The number of carbonyl (C=O) groups excluding carboxylic acids is 1. The van der Waals surface area contributed by atoms with E-state index in [-0.39, 0.29) is 11.0 Å². The van der Waals surface area contributed by atoms with Crippen molar-refractivity contribution in [2.24, 2.45) is 0 Å². The number of hydrogen-bond acceptors (Lipinski definition) is 5. The van der Waals surface area contributed by atoms with Crippen LogP contribution in [0, 0.1) is 6.92 Å². The van der Waals surface area contributed by atoms with Crippen LogP contribution >= 0.6 is 23.5 Å². The largest absolute Gasteiger partial charge is 0.299 e. The average molecular weight is 316 g/mol. The predicted molar refractivity (Wildman–Crippen MR) is 87.8 cm³/mol. The first-order valence-electron chi connectivity index (χ1n) is 6.81. The number of fused-ring (bicyclic) bond motifs is 3. The maximum Gasteiger partial charge on any atom is 0.188 e. The number of Topliss-reactive ketones (excluding diaryl/α,β-unsaturated/α-hetero) is 1.